The van der Waals surface area contributed by atoms with Crippen LogP contribution >= 0.6 is 11.8 Å². The highest BCUT2D eigenvalue weighted by Gasteiger charge is 2.43. The maximum atomic E-state index is 11.7. The van der Waals surface area contributed by atoms with Crippen LogP contribution in [0.4, 0.5) is 0 Å². The van der Waals surface area contributed by atoms with Crippen LogP contribution in [-0.2, 0) is 15.3 Å². The lowest BCUT2D eigenvalue weighted by molar-refractivity contribution is -0.169. The Morgan fingerprint density at radius 1 is 1.00 bits per heavy atom. The monoisotopic (exact) mass is 392 g/mol. The van der Waals surface area contributed by atoms with Gasteiger partial charge in [0.25, 0.3) is 0 Å². The number of ether oxygens (including phenoxy) is 1. The van der Waals surface area contributed by atoms with Crippen molar-refractivity contribution in [2.75, 3.05) is 0 Å². The smallest absolute Gasteiger partial charge is 0.323 e. The molecule has 152 valence electrons. The third-order valence-corrected chi connectivity index (χ3v) is 6.61. The van der Waals surface area contributed by atoms with Crippen LogP contribution in [-0.4, -0.2) is 28.5 Å². The summed E-state index contributed by atoms with van der Waals surface area (Å²) in [7, 11) is 0. The van der Waals surface area contributed by atoms with E-state index in [1.807, 2.05) is 18.2 Å². The number of aliphatic hydroxyl groups excluding tert-OH is 1. The molecule has 1 aliphatic heterocycles. The number of esters is 1. The standard InChI is InChI=1S/C23H36O3S/c1-2-3-4-5-6-7-8-9-13-16-20(24)17-21-22(23(25)26-21)27-18-19-14-11-10-12-15-19/h10-12,14-15,20-22,24H,2-9,13,16-18H2,1H3/t20-,21?,22?/m0/s1. The highest BCUT2D eigenvalue weighted by molar-refractivity contribution is 8.00. The number of cyclic esters (lactones) is 1. The molecule has 3 atom stereocenters. The van der Waals surface area contributed by atoms with E-state index in [0.29, 0.717) is 6.42 Å². The zero-order chi connectivity index (χ0) is 19.3. The molecule has 1 aromatic rings. The van der Waals surface area contributed by atoms with Gasteiger partial charge in [-0.05, 0) is 12.0 Å². The first-order valence-electron chi connectivity index (χ1n) is 10.7. The molecular weight excluding hydrogens is 356 g/mol. The first-order valence-corrected chi connectivity index (χ1v) is 11.8. The fraction of sp³-hybridized carbons (Fsp3) is 0.696. The molecule has 1 saturated heterocycles. The van der Waals surface area contributed by atoms with E-state index in [1.165, 1.54) is 56.9 Å². The second kappa shape index (κ2) is 13.2. The molecule has 1 aromatic carbocycles. The number of benzene rings is 1. The van der Waals surface area contributed by atoms with Crippen LogP contribution in [0.5, 0.6) is 0 Å². The number of thioether (sulfide) groups is 1. The molecule has 1 heterocycles. The molecular formula is C23H36O3S. The molecule has 2 rings (SSSR count). The first kappa shape index (κ1) is 22.3. The molecule has 0 saturated carbocycles. The Hall–Kier alpha value is -1.00. The summed E-state index contributed by atoms with van der Waals surface area (Å²) in [5.74, 6) is 0.682. The molecule has 3 nitrogen and oxygen atoms in total. The van der Waals surface area contributed by atoms with E-state index in [9.17, 15) is 9.90 Å². The Labute approximate surface area is 169 Å². The van der Waals surface area contributed by atoms with Crippen LogP contribution < -0.4 is 0 Å². The molecule has 0 amide bonds. The summed E-state index contributed by atoms with van der Waals surface area (Å²) < 4.78 is 5.28. The van der Waals surface area contributed by atoms with E-state index in [4.69, 9.17) is 4.74 Å². The quantitative estimate of drug-likeness (QED) is 0.299. The molecule has 0 spiro atoms. The van der Waals surface area contributed by atoms with Crippen molar-refractivity contribution in [3.8, 4) is 0 Å². The zero-order valence-electron chi connectivity index (χ0n) is 16.8. The number of rotatable bonds is 15. The predicted octanol–water partition coefficient (Wildman–Crippen LogP) is 5.89. The van der Waals surface area contributed by atoms with Crippen molar-refractivity contribution in [1.29, 1.82) is 0 Å². The SMILES string of the molecule is CCCCCCCCCCC[C@H](O)CC1OC(=O)C1SCc1ccccc1. The molecule has 0 radical (unpaired) electrons. The summed E-state index contributed by atoms with van der Waals surface area (Å²) in [5, 5.41) is 10.2. The third kappa shape index (κ3) is 8.69. The van der Waals surface area contributed by atoms with Crippen molar-refractivity contribution in [2.45, 2.75) is 101 Å². The van der Waals surface area contributed by atoms with Gasteiger partial charge in [0, 0.05) is 12.2 Å². The van der Waals surface area contributed by atoms with Crippen molar-refractivity contribution in [3.63, 3.8) is 0 Å². The number of unbranched alkanes of at least 4 members (excludes halogenated alkanes) is 8. The summed E-state index contributed by atoms with van der Waals surface area (Å²) >= 11 is 1.63. The molecule has 0 bridgehead atoms. The van der Waals surface area contributed by atoms with Crippen LogP contribution in [0.2, 0.25) is 0 Å². The van der Waals surface area contributed by atoms with Gasteiger partial charge in [0.1, 0.15) is 11.4 Å². The average Bonchev–Trinajstić information content (AvgIpc) is 2.67. The van der Waals surface area contributed by atoms with Gasteiger partial charge in [0.15, 0.2) is 0 Å². The van der Waals surface area contributed by atoms with E-state index in [-0.39, 0.29) is 23.4 Å². The Bertz CT molecular complexity index is 520. The van der Waals surface area contributed by atoms with Crippen molar-refractivity contribution in [1.82, 2.24) is 0 Å². The topological polar surface area (TPSA) is 46.5 Å². The normalized spacial score (nSPS) is 20.1. The van der Waals surface area contributed by atoms with Gasteiger partial charge in [-0.2, -0.15) is 0 Å². The van der Waals surface area contributed by atoms with Crippen molar-refractivity contribution >= 4 is 17.7 Å². The van der Waals surface area contributed by atoms with Crippen LogP contribution in [0.3, 0.4) is 0 Å². The lowest BCUT2D eigenvalue weighted by Gasteiger charge is -2.35. The Morgan fingerprint density at radius 2 is 1.63 bits per heavy atom. The lowest BCUT2D eigenvalue weighted by Crippen LogP contribution is -2.49. The molecule has 0 aromatic heterocycles. The molecule has 4 heteroatoms. The molecule has 27 heavy (non-hydrogen) atoms. The van der Waals surface area contributed by atoms with Gasteiger partial charge in [-0.25, -0.2) is 0 Å². The van der Waals surface area contributed by atoms with Gasteiger partial charge in [0.2, 0.25) is 0 Å². The minimum Gasteiger partial charge on any atom is -0.460 e. The van der Waals surface area contributed by atoms with Crippen LogP contribution in [0.15, 0.2) is 30.3 Å². The number of hydrogen-bond acceptors (Lipinski definition) is 4. The molecule has 1 N–H and O–H groups in total. The van der Waals surface area contributed by atoms with Crippen LogP contribution in [0.1, 0.15) is 83.1 Å². The summed E-state index contributed by atoms with van der Waals surface area (Å²) in [6.45, 7) is 2.25. The summed E-state index contributed by atoms with van der Waals surface area (Å²) in [5.41, 5.74) is 1.22. The highest BCUT2D eigenvalue weighted by Crippen LogP contribution is 2.33. The summed E-state index contributed by atoms with van der Waals surface area (Å²) in [6, 6.07) is 10.2. The molecule has 2 unspecified atom stereocenters. The van der Waals surface area contributed by atoms with E-state index in [2.05, 4.69) is 19.1 Å². The van der Waals surface area contributed by atoms with E-state index in [1.54, 1.807) is 11.8 Å². The third-order valence-electron chi connectivity index (χ3n) is 5.26. The molecule has 0 aliphatic carbocycles. The lowest BCUT2D eigenvalue weighted by atomic mass is 9.99. The maximum absolute atomic E-state index is 11.7. The Kier molecular flexibility index (Phi) is 10.9. The number of hydrogen-bond donors (Lipinski definition) is 1. The second-order valence-electron chi connectivity index (χ2n) is 7.70. The van der Waals surface area contributed by atoms with E-state index < -0.39 is 0 Å². The fourth-order valence-electron chi connectivity index (χ4n) is 3.54. The van der Waals surface area contributed by atoms with Crippen molar-refractivity contribution in [3.05, 3.63) is 35.9 Å². The number of carbonyl (C=O) groups is 1. The Balaban J connectivity index is 1.52. The fourth-order valence-corrected chi connectivity index (χ4v) is 4.68. The predicted molar refractivity (Wildman–Crippen MR) is 114 cm³/mol. The van der Waals surface area contributed by atoms with Gasteiger partial charge < -0.3 is 9.84 Å². The van der Waals surface area contributed by atoms with Gasteiger partial charge in [-0.15, -0.1) is 11.8 Å². The van der Waals surface area contributed by atoms with Gasteiger partial charge in [0.05, 0.1) is 6.10 Å². The number of carbonyl (C=O) groups excluding carboxylic acids is 1. The van der Waals surface area contributed by atoms with Gasteiger partial charge in [-0.1, -0.05) is 95.0 Å². The zero-order valence-corrected chi connectivity index (χ0v) is 17.6. The van der Waals surface area contributed by atoms with Crippen molar-refractivity contribution < 1.29 is 14.6 Å². The number of aliphatic hydroxyl groups is 1. The first-order chi connectivity index (χ1) is 13.2. The second-order valence-corrected chi connectivity index (χ2v) is 8.83. The average molecular weight is 393 g/mol. The maximum Gasteiger partial charge on any atom is 0.323 e. The molecule has 1 fully saturated rings. The summed E-state index contributed by atoms with van der Waals surface area (Å²) in [4.78, 5) is 11.7. The van der Waals surface area contributed by atoms with E-state index in [0.717, 1.165) is 18.6 Å². The van der Waals surface area contributed by atoms with Gasteiger partial charge >= 0.3 is 5.97 Å². The highest BCUT2D eigenvalue weighted by atomic mass is 32.2. The van der Waals surface area contributed by atoms with E-state index >= 15 is 0 Å². The minimum atomic E-state index is -0.354. The Morgan fingerprint density at radius 3 is 2.26 bits per heavy atom. The minimum absolute atomic E-state index is 0.122. The molecule has 1 aliphatic rings. The van der Waals surface area contributed by atoms with Gasteiger partial charge in [-0.3, -0.25) is 4.79 Å². The summed E-state index contributed by atoms with van der Waals surface area (Å²) in [6.07, 6.45) is 12.5. The largest absolute Gasteiger partial charge is 0.460 e. The van der Waals surface area contributed by atoms with Crippen LogP contribution in [0.25, 0.3) is 0 Å². The van der Waals surface area contributed by atoms with Crippen LogP contribution in [0, 0.1) is 0 Å². The van der Waals surface area contributed by atoms with Crippen molar-refractivity contribution in [2.24, 2.45) is 0 Å².